The summed E-state index contributed by atoms with van der Waals surface area (Å²) in [5.41, 5.74) is 0.870. The van der Waals surface area contributed by atoms with Crippen LogP contribution in [-0.4, -0.2) is 34.7 Å². The predicted octanol–water partition coefficient (Wildman–Crippen LogP) is 4.67. The molecule has 0 saturated carbocycles. The first kappa shape index (κ1) is 18.0. The Morgan fingerprint density at radius 1 is 1.25 bits per heavy atom. The van der Waals surface area contributed by atoms with Gasteiger partial charge in [0.05, 0.1) is 10.7 Å². The highest BCUT2D eigenvalue weighted by Crippen LogP contribution is 2.34. The third-order valence-electron chi connectivity index (χ3n) is 5.16. The predicted molar refractivity (Wildman–Crippen MR) is 107 cm³/mol. The van der Waals surface area contributed by atoms with E-state index >= 15 is 0 Å². The van der Waals surface area contributed by atoms with Gasteiger partial charge < -0.3 is 10.6 Å². The summed E-state index contributed by atoms with van der Waals surface area (Å²) in [5, 5.41) is 8.16. The standard InChI is InChI=1S/C19H28ClN3S/c1-13(2)12-23-15-6-5-7-16(23)11-14(10-15)21-19(24)22-18-9-4-3-8-17(18)20/h3-4,8-9,13-16H,5-7,10-12H2,1-2H3,(H2,21,22,24)/t15-,16-/m0/s1. The maximum atomic E-state index is 6.20. The van der Waals surface area contributed by atoms with Crippen LogP contribution in [0.5, 0.6) is 0 Å². The molecule has 2 aliphatic rings. The number of para-hydroxylation sites is 1. The molecule has 0 aromatic heterocycles. The van der Waals surface area contributed by atoms with Crippen molar-refractivity contribution in [2.75, 3.05) is 11.9 Å². The minimum absolute atomic E-state index is 0.464. The van der Waals surface area contributed by atoms with Crippen LogP contribution in [0.1, 0.15) is 46.0 Å². The van der Waals surface area contributed by atoms with E-state index in [0.29, 0.717) is 28.3 Å². The van der Waals surface area contributed by atoms with Crippen molar-refractivity contribution in [2.24, 2.45) is 5.92 Å². The van der Waals surface area contributed by atoms with Gasteiger partial charge >= 0.3 is 0 Å². The fourth-order valence-electron chi connectivity index (χ4n) is 4.22. The van der Waals surface area contributed by atoms with Crippen molar-refractivity contribution in [3.8, 4) is 0 Å². The molecule has 0 amide bonds. The van der Waals surface area contributed by atoms with Gasteiger partial charge in [-0.2, -0.15) is 0 Å². The number of rotatable bonds is 4. The van der Waals surface area contributed by atoms with Gasteiger partial charge in [-0.1, -0.05) is 44.0 Å². The van der Waals surface area contributed by atoms with Crippen LogP contribution in [0.3, 0.4) is 0 Å². The molecule has 2 aliphatic heterocycles. The van der Waals surface area contributed by atoms with E-state index in [4.69, 9.17) is 23.8 Å². The molecule has 2 fully saturated rings. The number of benzene rings is 1. The number of thiocarbonyl (C=S) groups is 1. The molecule has 1 aromatic rings. The van der Waals surface area contributed by atoms with Crippen molar-refractivity contribution >= 4 is 34.6 Å². The zero-order valence-corrected chi connectivity index (χ0v) is 16.2. The van der Waals surface area contributed by atoms with Crippen molar-refractivity contribution in [3.05, 3.63) is 29.3 Å². The summed E-state index contributed by atoms with van der Waals surface area (Å²) in [6, 6.07) is 9.60. The Kier molecular flexibility index (Phi) is 6.01. The minimum atomic E-state index is 0.464. The van der Waals surface area contributed by atoms with Crippen molar-refractivity contribution in [3.63, 3.8) is 0 Å². The number of fused-ring (bicyclic) bond motifs is 2. The summed E-state index contributed by atoms with van der Waals surface area (Å²) >= 11 is 11.7. The zero-order valence-electron chi connectivity index (χ0n) is 14.6. The molecule has 132 valence electrons. The van der Waals surface area contributed by atoms with Gasteiger partial charge in [-0.15, -0.1) is 0 Å². The summed E-state index contributed by atoms with van der Waals surface area (Å²) in [4.78, 5) is 2.76. The molecule has 2 N–H and O–H groups in total. The number of anilines is 1. The Labute approximate surface area is 156 Å². The Morgan fingerprint density at radius 3 is 2.54 bits per heavy atom. The molecule has 2 saturated heterocycles. The third kappa shape index (κ3) is 4.41. The molecule has 0 unspecified atom stereocenters. The average Bonchev–Trinajstić information content (AvgIpc) is 2.50. The summed E-state index contributed by atoms with van der Waals surface area (Å²) in [6.45, 7) is 5.87. The van der Waals surface area contributed by atoms with Gasteiger partial charge in [0.15, 0.2) is 5.11 Å². The maximum absolute atomic E-state index is 6.20. The molecule has 5 heteroatoms. The number of piperidine rings is 2. The molecule has 3 rings (SSSR count). The van der Waals surface area contributed by atoms with E-state index in [1.807, 2.05) is 24.3 Å². The van der Waals surface area contributed by atoms with Gasteiger partial charge in [-0.3, -0.25) is 4.90 Å². The lowest BCUT2D eigenvalue weighted by molar-refractivity contribution is 0.0191. The summed E-state index contributed by atoms with van der Waals surface area (Å²) in [7, 11) is 0. The van der Waals surface area contributed by atoms with Gasteiger partial charge in [-0.25, -0.2) is 0 Å². The second kappa shape index (κ2) is 8.03. The maximum Gasteiger partial charge on any atom is 0.171 e. The van der Waals surface area contributed by atoms with Crippen molar-refractivity contribution < 1.29 is 0 Å². The Balaban J connectivity index is 1.57. The molecular weight excluding hydrogens is 338 g/mol. The van der Waals surface area contributed by atoms with Crippen LogP contribution in [0.15, 0.2) is 24.3 Å². The first-order chi connectivity index (χ1) is 11.5. The average molecular weight is 366 g/mol. The Morgan fingerprint density at radius 2 is 1.92 bits per heavy atom. The van der Waals surface area contributed by atoms with Gasteiger partial charge in [-0.05, 0) is 56.0 Å². The highest BCUT2D eigenvalue weighted by molar-refractivity contribution is 7.80. The van der Waals surface area contributed by atoms with Gasteiger partial charge in [0.25, 0.3) is 0 Å². The van der Waals surface area contributed by atoms with E-state index < -0.39 is 0 Å². The molecule has 0 spiro atoms. The SMILES string of the molecule is CC(C)CN1[C@H]2CCC[C@H]1CC(NC(=S)Nc1ccccc1Cl)C2. The monoisotopic (exact) mass is 365 g/mol. The molecule has 0 aliphatic carbocycles. The van der Waals surface area contributed by atoms with Gasteiger partial charge in [0.1, 0.15) is 0 Å². The molecule has 1 aromatic carbocycles. The van der Waals surface area contributed by atoms with Crippen LogP contribution >= 0.6 is 23.8 Å². The van der Waals surface area contributed by atoms with E-state index in [1.165, 1.54) is 38.6 Å². The van der Waals surface area contributed by atoms with Gasteiger partial charge in [0, 0.05) is 24.7 Å². The van der Waals surface area contributed by atoms with E-state index in [1.54, 1.807) is 0 Å². The number of hydrogen-bond acceptors (Lipinski definition) is 2. The largest absolute Gasteiger partial charge is 0.360 e. The van der Waals surface area contributed by atoms with Crippen LogP contribution < -0.4 is 10.6 Å². The molecule has 2 heterocycles. The molecule has 2 atom stereocenters. The number of hydrogen-bond donors (Lipinski definition) is 2. The van der Waals surface area contributed by atoms with Gasteiger partial charge in [0.2, 0.25) is 0 Å². The fourth-order valence-corrected chi connectivity index (χ4v) is 4.68. The first-order valence-corrected chi connectivity index (χ1v) is 9.89. The number of halogens is 1. The smallest absolute Gasteiger partial charge is 0.171 e. The van der Waals surface area contributed by atoms with Crippen LogP contribution in [0, 0.1) is 5.92 Å². The highest BCUT2D eigenvalue weighted by atomic mass is 35.5. The summed E-state index contributed by atoms with van der Waals surface area (Å²) in [5.74, 6) is 0.737. The van der Waals surface area contributed by atoms with E-state index in [9.17, 15) is 0 Å². The van der Waals surface area contributed by atoms with E-state index in [2.05, 4.69) is 29.4 Å². The zero-order chi connectivity index (χ0) is 17.1. The lowest BCUT2D eigenvalue weighted by atomic mass is 9.81. The second-order valence-electron chi connectivity index (χ2n) is 7.58. The second-order valence-corrected chi connectivity index (χ2v) is 8.39. The van der Waals surface area contributed by atoms with E-state index in [-0.39, 0.29) is 0 Å². The molecule has 3 nitrogen and oxygen atoms in total. The summed E-state index contributed by atoms with van der Waals surface area (Å²) < 4.78 is 0. The molecule has 0 radical (unpaired) electrons. The van der Waals surface area contributed by atoms with Crippen LogP contribution in [0.4, 0.5) is 5.69 Å². The van der Waals surface area contributed by atoms with Crippen LogP contribution in [0.2, 0.25) is 5.02 Å². The lowest BCUT2D eigenvalue weighted by Gasteiger charge is -2.49. The highest BCUT2D eigenvalue weighted by Gasteiger charge is 2.38. The quantitative estimate of drug-likeness (QED) is 0.758. The Hall–Kier alpha value is -0.840. The Bertz CT molecular complexity index is 563. The van der Waals surface area contributed by atoms with Crippen molar-refractivity contribution in [1.29, 1.82) is 0 Å². The molecule has 24 heavy (non-hydrogen) atoms. The van der Waals surface area contributed by atoms with E-state index in [0.717, 1.165) is 11.6 Å². The molecule has 2 bridgehead atoms. The third-order valence-corrected chi connectivity index (χ3v) is 5.71. The fraction of sp³-hybridized carbons (Fsp3) is 0.632. The van der Waals surface area contributed by atoms with Crippen molar-refractivity contribution in [1.82, 2.24) is 10.2 Å². The normalized spacial score (nSPS) is 27.1. The number of nitrogens with one attached hydrogen (secondary N) is 2. The summed E-state index contributed by atoms with van der Waals surface area (Å²) in [6.07, 6.45) is 6.40. The number of nitrogens with zero attached hydrogens (tertiary/aromatic N) is 1. The minimum Gasteiger partial charge on any atom is -0.360 e. The van der Waals surface area contributed by atoms with Crippen LogP contribution in [0.25, 0.3) is 0 Å². The lowest BCUT2D eigenvalue weighted by Crippen LogP contribution is -2.58. The topological polar surface area (TPSA) is 27.3 Å². The van der Waals surface area contributed by atoms with Crippen molar-refractivity contribution in [2.45, 2.75) is 64.1 Å². The van der Waals surface area contributed by atoms with Crippen LogP contribution in [-0.2, 0) is 0 Å². The molecular formula is C19H28ClN3S. The first-order valence-electron chi connectivity index (χ1n) is 9.10.